The lowest BCUT2D eigenvalue weighted by Crippen LogP contribution is -2.39. The zero-order valence-electron chi connectivity index (χ0n) is 13.0. The Bertz CT molecular complexity index is 706. The average molecular weight is 321 g/mol. The van der Waals surface area contributed by atoms with Crippen molar-refractivity contribution < 1.29 is 9.47 Å². The minimum Gasteiger partial charge on any atom is -0.344 e. The normalized spacial score (nSPS) is 25.2. The van der Waals surface area contributed by atoms with Crippen LogP contribution in [0.5, 0.6) is 0 Å². The molecule has 0 saturated carbocycles. The third kappa shape index (κ3) is 2.44. The summed E-state index contributed by atoms with van der Waals surface area (Å²) in [5.74, 6) is 0. The van der Waals surface area contributed by atoms with Crippen molar-refractivity contribution >= 4 is 22.5 Å². The summed E-state index contributed by atoms with van der Waals surface area (Å²) in [6, 6.07) is 6.22. The van der Waals surface area contributed by atoms with E-state index in [0.29, 0.717) is 0 Å². The van der Waals surface area contributed by atoms with Crippen molar-refractivity contribution in [2.75, 3.05) is 13.6 Å². The molecule has 0 spiro atoms. The molecule has 2 aliphatic heterocycles. The number of aromatic nitrogens is 1. The van der Waals surface area contributed by atoms with Crippen LogP contribution in [0.2, 0.25) is 5.02 Å². The maximum Gasteiger partial charge on any atom is 0.165 e. The van der Waals surface area contributed by atoms with Gasteiger partial charge in [-0.05, 0) is 37.7 Å². The second-order valence-electron chi connectivity index (χ2n) is 6.28. The van der Waals surface area contributed by atoms with E-state index < -0.39 is 0 Å². The number of likely N-dealkylation sites (N-methyl/N-ethyl adjacent to an activating group) is 1. The molecule has 1 aromatic carbocycles. The monoisotopic (exact) mass is 320 g/mol. The summed E-state index contributed by atoms with van der Waals surface area (Å²) in [6.07, 6.45) is 1.87. The first-order chi connectivity index (χ1) is 10.6. The number of ether oxygens (including phenoxy) is 2. The molecule has 0 N–H and O–H groups in total. The van der Waals surface area contributed by atoms with Crippen LogP contribution in [0.1, 0.15) is 24.6 Å². The van der Waals surface area contributed by atoms with E-state index in [0.717, 1.165) is 37.5 Å². The van der Waals surface area contributed by atoms with Gasteiger partial charge in [-0.2, -0.15) is 0 Å². The van der Waals surface area contributed by atoms with Crippen LogP contribution in [0.15, 0.2) is 18.2 Å². The molecule has 0 radical (unpaired) electrons. The van der Waals surface area contributed by atoms with Gasteiger partial charge in [-0.1, -0.05) is 11.6 Å². The molecule has 2 aliphatic rings. The van der Waals surface area contributed by atoms with Crippen molar-refractivity contribution in [3.8, 4) is 0 Å². The van der Waals surface area contributed by atoms with Crippen molar-refractivity contribution in [1.82, 2.24) is 9.47 Å². The Labute approximate surface area is 135 Å². The van der Waals surface area contributed by atoms with Gasteiger partial charge in [0.05, 0.1) is 0 Å². The standard InChI is InChI=1S/C17H21ClN2O2/c1-11-21-17(22-11)6-8-20-15-4-3-12(18)9-13(15)14-10-19(2)7-5-16(14)20/h3-4,9,11,17H,5-8,10H2,1-2H3. The summed E-state index contributed by atoms with van der Waals surface area (Å²) in [6.45, 7) is 4.95. The smallest absolute Gasteiger partial charge is 0.165 e. The molecular formula is C17H21ClN2O2. The van der Waals surface area contributed by atoms with E-state index in [1.807, 2.05) is 13.0 Å². The fraction of sp³-hybridized carbons (Fsp3) is 0.529. The highest BCUT2D eigenvalue weighted by Crippen LogP contribution is 2.33. The van der Waals surface area contributed by atoms with Crippen molar-refractivity contribution in [3.63, 3.8) is 0 Å². The first-order valence-corrected chi connectivity index (χ1v) is 8.28. The van der Waals surface area contributed by atoms with Gasteiger partial charge in [0.2, 0.25) is 0 Å². The van der Waals surface area contributed by atoms with Gasteiger partial charge in [0.25, 0.3) is 0 Å². The topological polar surface area (TPSA) is 26.6 Å². The third-order valence-corrected chi connectivity index (χ3v) is 4.92. The van der Waals surface area contributed by atoms with E-state index in [-0.39, 0.29) is 12.6 Å². The van der Waals surface area contributed by atoms with Crippen LogP contribution in [0.3, 0.4) is 0 Å². The number of aryl methyl sites for hydroxylation is 1. The van der Waals surface area contributed by atoms with Crippen LogP contribution in [0.4, 0.5) is 0 Å². The molecule has 0 bridgehead atoms. The molecular weight excluding hydrogens is 300 g/mol. The summed E-state index contributed by atoms with van der Waals surface area (Å²) in [5, 5.41) is 2.10. The molecule has 3 heterocycles. The molecule has 4 nitrogen and oxygen atoms in total. The fourth-order valence-corrected chi connectivity index (χ4v) is 3.79. The fourth-order valence-electron chi connectivity index (χ4n) is 3.62. The number of hydrogen-bond donors (Lipinski definition) is 0. The van der Waals surface area contributed by atoms with Crippen LogP contribution in [0, 0.1) is 0 Å². The van der Waals surface area contributed by atoms with Gasteiger partial charge in [0.15, 0.2) is 12.6 Å². The molecule has 2 aromatic rings. The Hall–Kier alpha value is -1.07. The van der Waals surface area contributed by atoms with Crippen molar-refractivity contribution in [3.05, 3.63) is 34.5 Å². The van der Waals surface area contributed by atoms with Gasteiger partial charge >= 0.3 is 0 Å². The zero-order chi connectivity index (χ0) is 15.3. The maximum absolute atomic E-state index is 6.22. The second kappa shape index (κ2) is 5.53. The molecule has 0 amide bonds. The predicted octanol–water partition coefficient (Wildman–Crippen LogP) is 3.39. The van der Waals surface area contributed by atoms with E-state index >= 15 is 0 Å². The van der Waals surface area contributed by atoms with E-state index in [4.69, 9.17) is 21.1 Å². The quantitative estimate of drug-likeness (QED) is 0.867. The molecule has 118 valence electrons. The number of nitrogens with zero attached hydrogens (tertiary/aromatic N) is 2. The van der Waals surface area contributed by atoms with Gasteiger partial charge in [-0.3, -0.25) is 0 Å². The van der Waals surface area contributed by atoms with Crippen LogP contribution in [0.25, 0.3) is 10.9 Å². The third-order valence-electron chi connectivity index (χ3n) is 4.68. The van der Waals surface area contributed by atoms with Gasteiger partial charge < -0.3 is 18.9 Å². The predicted molar refractivity (Wildman–Crippen MR) is 87.0 cm³/mol. The van der Waals surface area contributed by atoms with Crippen LogP contribution in [-0.4, -0.2) is 35.6 Å². The van der Waals surface area contributed by atoms with E-state index in [1.165, 1.54) is 22.2 Å². The second-order valence-corrected chi connectivity index (χ2v) is 6.72. The summed E-state index contributed by atoms with van der Waals surface area (Å²) in [7, 11) is 2.17. The number of hydrogen-bond acceptors (Lipinski definition) is 3. The van der Waals surface area contributed by atoms with Gasteiger partial charge in [0.1, 0.15) is 0 Å². The first kappa shape index (κ1) is 14.5. The SMILES string of the molecule is CC1OC(CCn2c3c(c4cc(Cl)ccc42)CN(C)CC3)O1. The molecule has 1 fully saturated rings. The summed E-state index contributed by atoms with van der Waals surface area (Å²) >= 11 is 6.22. The number of fused-ring (bicyclic) bond motifs is 3. The van der Waals surface area contributed by atoms with Gasteiger partial charge in [-0.25, -0.2) is 0 Å². The first-order valence-electron chi connectivity index (χ1n) is 7.91. The Morgan fingerprint density at radius 3 is 2.91 bits per heavy atom. The Morgan fingerprint density at radius 2 is 2.14 bits per heavy atom. The van der Waals surface area contributed by atoms with Crippen molar-refractivity contribution in [2.45, 2.75) is 45.4 Å². The lowest BCUT2D eigenvalue weighted by molar-refractivity contribution is -0.377. The Morgan fingerprint density at radius 1 is 1.32 bits per heavy atom. The highest BCUT2D eigenvalue weighted by atomic mass is 35.5. The molecule has 1 aromatic heterocycles. The highest BCUT2D eigenvalue weighted by Gasteiger charge is 2.28. The van der Waals surface area contributed by atoms with Crippen molar-refractivity contribution in [2.24, 2.45) is 0 Å². The zero-order valence-corrected chi connectivity index (χ0v) is 13.8. The van der Waals surface area contributed by atoms with Crippen molar-refractivity contribution in [1.29, 1.82) is 0 Å². The van der Waals surface area contributed by atoms with E-state index in [1.54, 1.807) is 0 Å². The van der Waals surface area contributed by atoms with E-state index in [2.05, 4.69) is 28.6 Å². The Kier molecular flexibility index (Phi) is 3.65. The molecule has 0 aliphatic carbocycles. The molecule has 1 saturated heterocycles. The lowest BCUT2D eigenvalue weighted by Gasteiger charge is -2.34. The Balaban J connectivity index is 1.70. The minimum atomic E-state index is -0.0540. The molecule has 0 atom stereocenters. The van der Waals surface area contributed by atoms with Crippen LogP contribution < -0.4 is 0 Å². The molecule has 5 heteroatoms. The number of benzene rings is 1. The van der Waals surface area contributed by atoms with Gasteiger partial charge in [-0.15, -0.1) is 0 Å². The largest absolute Gasteiger partial charge is 0.344 e. The maximum atomic E-state index is 6.22. The molecule has 0 unspecified atom stereocenters. The average Bonchev–Trinajstić information content (AvgIpc) is 2.75. The number of rotatable bonds is 3. The van der Waals surface area contributed by atoms with Gasteiger partial charge in [0, 0.05) is 54.1 Å². The summed E-state index contributed by atoms with van der Waals surface area (Å²) in [5.41, 5.74) is 4.15. The summed E-state index contributed by atoms with van der Waals surface area (Å²) in [4.78, 5) is 2.37. The molecule has 4 rings (SSSR count). The minimum absolute atomic E-state index is 0.0484. The lowest BCUT2D eigenvalue weighted by atomic mass is 10.1. The highest BCUT2D eigenvalue weighted by molar-refractivity contribution is 6.31. The molecule has 22 heavy (non-hydrogen) atoms. The van der Waals surface area contributed by atoms with E-state index in [9.17, 15) is 0 Å². The van der Waals surface area contributed by atoms with Crippen LogP contribution >= 0.6 is 11.6 Å². The number of halogens is 1. The van der Waals surface area contributed by atoms with Crippen LogP contribution in [-0.2, 0) is 29.0 Å². The summed E-state index contributed by atoms with van der Waals surface area (Å²) < 4.78 is 13.6.